The molecule has 0 radical (unpaired) electrons. The molecule has 0 unspecified atom stereocenters. The third-order valence-corrected chi connectivity index (χ3v) is 2.50. The van der Waals surface area contributed by atoms with Gasteiger partial charge in [0.15, 0.2) is 0 Å². The Balaban J connectivity index is 2.79. The highest BCUT2D eigenvalue weighted by Gasteiger charge is 2.04. The highest BCUT2D eigenvalue weighted by Crippen LogP contribution is 2.19. The first-order valence-corrected chi connectivity index (χ1v) is 6.16. The molecule has 1 N–H and O–H groups in total. The van der Waals surface area contributed by atoms with Gasteiger partial charge in [-0.15, -0.1) is 0 Å². The van der Waals surface area contributed by atoms with Gasteiger partial charge < -0.3 is 10.1 Å². The maximum Gasteiger partial charge on any atom is 0.119 e. The highest BCUT2D eigenvalue weighted by molar-refractivity contribution is 5.35. The van der Waals surface area contributed by atoms with E-state index in [9.17, 15) is 0 Å². The molecular formula is C14H23NO. The van der Waals surface area contributed by atoms with Gasteiger partial charge in [-0.25, -0.2) is 0 Å². The molecule has 0 bridgehead atoms. The van der Waals surface area contributed by atoms with E-state index < -0.39 is 0 Å². The van der Waals surface area contributed by atoms with Crippen LogP contribution in [0.1, 0.15) is 38.8 Å². The number of aryl methyl sites for hydroxylation is 1. The first kappa shape index (κ1) is 13.0. The van der Waals surface area contributed by atoms with Crippen LogP contribution in [0.2, 0.25) is 0 Å². The molecule has 2 nitrogen and oxygen atoms in total. The zero-order valence-corrected chi connectivity index (χ0v) is 10.8. The van der Waals surface area contributed by atoms with Gasteiger partial charge in [-0.1, -0.05) is 19.9 Å². The van der Waals surface area contributed by atoms with E-state index >= 15 is 0 Å². The molecule has 0 aliphatic heterocycles. The third-order valence-electron chi connectivity index (χ3n) is 2.50. The minimum Gasteiger partial charge on any atom is -0.491 e. The molecule has 0 heterocycles. The molecule has 0 spiro atoms. The molecule has 0 saturated carbocycles. The van der Waals surface area contributed by atoms with E-state index in [-0.39, 0.29) is 6.10 Å². The number of hydrogen-bond donors (Lipinski definition) is 1. The standard InChI is InChI=1S/C14H23NO/c1-5-12-9-14(16-11(3)4)8-7-13(12)10-15-6-2/h7-9,11,15H,5-6,10H2,1-4H3. The van der Waals surface area contributed by atoms with Crippen molar-refractivity contribution in [3.63, 3.8) is 0 Å². The van der Waals surface area contributed by atoms with Crippen molar-refractivity contribution in [2.75, 3.05) is 6.54 Å². The van der Waals surface area contributed by atoms with Crippen molar-refractivity contribution in [3.05, 3.63) is 29.3 Å². The van der Waals surface area contributed by atoms with Crippen LogP contribution in [0.3, 0.4) is 0 Å². The maximum atomic E-state index is 5.70. The Hall–Kier alpha value is -1.02. The van der Waals surface area contributed by atoms with E-state index in [1.54, 1.807) is 0 Å². The van der Waals surface area contributed by atoms with Gasteiger partial charge in [-0.2, -0.15) is 0 Å². The van der Waals surface area contributed by atoms with E-state index in [2.05, 4.69) is 51.2 Å². The molecule has 1 rings (SSSR count). The Bertz CT molecular complexity index is 321. The van der Waals surface area contributed by atoms with Gasteiger partial charge in [-0.3, -0.25) is 0 Å². The Morgan fingerprint density at radius 1 is 1.19 bits per heavy atom. The summed E-state index contributed by atoms with van der Waals surface area (Å²) in [5, 5.41) is 3.36. The number of rotatable bonds is 6. The summed E-state index contributed by atoms with van der Waals surface area (Å²) in [5.74, 6) is 0.979. The Morgan fingerprint density at radius 3 is 2.50 bits per heavy atom. The van der Waals surface area contributed by atoms with Gasteiger partial charge in [0.1, 0.15) is 5.75 Å². The number of ether oxygens (including phenoxy) is 1. The summed E-state index contributed by atoms with van der Waals surface area (Å²) >= 11 is 0. The molecule has 2 heteroatoms. The van der Waals surface area contributed by atoms with Gasteiger partial charge in [0.2, 0.25) is 0 Å². The van der Waals surface area contributed by atoms with Crippen molar-refractivity contribution < 1.29 is 4.74 Å². The quantitative estimate of drug-likeness (QED) is 0.796. The molecular weight excluding hydrogens is 198 g/mol. The monoisotopic (exact) mass is 221 g/mol. The average molecular weight is 221 g/mol. The second-order valence-corrected chi connectivity index (χ2v) is 4.23. The lowest BCUT2D eigenvalue weighted by molar-refractivity contribution is 0.242. The molecule has 90 valence electrons. The molecule has 1 aromatic rings. The fraction of sp³-hybridized carbons (Fsp3) is 0.571. The fourth-order valence-electron chi connectivity index (χ4n) is 1.71. The molecule has 16 heavy (non-hydrogen) atoms. The first-order valence-electron chi connectivity index (χ1n) is 6.16. The number of benzene rings is 1. The van der Waals surface area contributed by atoms with Gasteiger partial charge in [0, 0.05) is 6.54 Å². The zero-order chi connectivity index (χ0) is 12.0. The second-order valence-electron chi connectivity index (χ2n) is 4.23. The first-order chi connectivity index (χ1) is 7.67. The molecule has 0 fully saturated rings. The average Bonchev–Trinajstić information content (AvgIpc) is 2.26. The van der Waals surface area contributed by atoms with Crippen molar-refractivity contribution in [1.29, 1.82) is 0 Å². The van der Waals surface area contributed by atoms with Crippen LogP contribution in [0.15, 0.2) is 18.2 Å². The summed E-state index contributed by atoms with van der Waals surface area (Å²) in [6.45, 7) is 10.4. The summed E-state index contributed by atoms with van der Waals surface area (Å²) in [5.41, 5.74) is 2.75. The molecule has 0 aliphatic rings. The molecule has 0 aliphatic carbocycles. The Kier molecular flexibility index (Phi) is 5.33. The van der Waals surface area contributed by atoms with Crippen LogP contribution in [0.5, 0.6) is 5.75 Å². The third kappa shape index (κ3) is 3.86. The molecule has 0 saturated heterocycles. The van der Waals surface area contributed by atoms with Crippen LogP contribution >= 0.6 is 0 Å². The van der Waals surface area contributed by atoms with Gasteiger partial charge in [0.05, 0.1) is 6.10 Å². The van der Waals surface area contributed by atoms with Crippen molar-refractivity contribution in [2.45, 2.75) is 46.8 Å². The van der Waals surface area contributed by atoms with Crippen LogP contribution in [-0.2, 0) is 13.0 Å². The summed E-state index contributed by atoms with van der Waals surface area (Å²) in [6, 6.07) is 6.39. The van der Waals surface area contributed by atoms with E-state index in [0.29, 0.717) is 0 Å². The van der Waals surface area contributed by atoms with Crippen molar-refractivity contribution >= 4 is 0 Å². The molecule has 0 aromatic heterocycles. The van der Waals surface area contributed by atoms with Gasteiger partial charge in [0.25, 0.3) is 0 Å². The fourth-order valence-corrected chi connectivity index (χ4v) is 1.71. The predicted octanol–water partition coefficient (Wildman–Crippen LogP) is 3.15. The SMILES string of the molecule is CCNCc1ccc(OC(C)C)cc1CC. The molecule has 0 amide bonds. The van der Waals surface area contributed by atoms with Crippen molar-refractivity contribution in [2.24, 2.45) is 0 Å². The highest BCUT2D eigenvalue weighted by atomic mass is 16.5. The maximum absolute atomic E-state index is 5.70. The number of nitrogens with one attached hydrogen (secondary N) is 1. The van der Waals surface area contributed by atoms with Crippen molar-refractivity contribution in [3.8, 4) is 5.75 Å². The topological polar surface area (TPSA) is 21.3 Å². The molecule has 1 aromatic carbocycles. The van der Waals surface area contributed by atoms with E-state index in [1.165, 1.54) is 11.1 Å². The lowest BCUT2D eigenvalue weighted by Crippen LogP contribution is -2.13. The summed E-state index contributed by atoms with van der Waals surface area (Å²) in [7, 11) is 0. The van der Waals surface area contributed by atoms with E-state index in [4.69, 9.17) is 4.74 Å². The Labute approximate surface area is 99.0 Å². The second kappa shape index (κ2) is 6.54. The minimum absolute atomic E-state index is 0.240. The smallest absolute Gasteiger partial charge is 0.119 e. The Morgan fingerprint density at radius 2 is 1.94 bits per heavy atom. The largest absolute Gasteiger partial charge is 0.491 e. The zero-order valence-electron chi connectivity index (χ0n) is 10.8. The van der Waals surface area contributed by atoms with Gasteiger partial charge >= 0.3 is 0 Å². The van der Waals surface area contributed by atoms with Crippen LogP contribution in [0.25, 0.3) is 0 Å². The number of hydrogen-bond acceptors (Lipinski definition) is 2. The summed E-state index contributed by atoms with van der Waals surface area (Å²) in [6.07, 6.45) is 1.29. The normalized spacial score (nSPS) is 10.8. The van der Waals surface area contributed by atoms with Crippen LogP contribution in [0, 0.1) is 0 Å². The summed E-state index contributed by atoms with van der Waals surface area (Å²) in [4.78, 5) is 0. The van der Waals surface area contributed by atoms with Crippen LogP contribution in [-0.4, -0.2) is 12.6 Å². The lowest BCUT2D eigenvalue weighted by atomic mass is 10.0. The predicted molar refractivity (Wildman–Crippen MR) is 69.0 cm³/mol. The summed E-state index contributed by atoms with van der Waals surface area (Å²) < 4.78 is 5.70. The minimum atomic E-state index is 0.240. The molecule has 0 atom stereocenters. The van der Waals surface area contributed by atoms with Crippen LogP contribution < -0.4 is 10.1 Å². The van der Waals surface area contributed by atoms with Crippen molar-refractivity contribution in [1.82, 2.24) is 5.32 Å². The lowest BCUT2D eigenvalue weighted by Gasteiger charge is -2.13. The van der Waals surface area contributed by atoms with Crippen LogP contribution in [0.4, 0.5) is 0 Å². The van der Waals surface area contributed by atoms with Gasteiger partial charge in [-0.05, 0) is 50.1 Å². The van der Waals surface area contributed by atoms with E-state index in [1.807, 2.05) is 0 Å². The van der Waals surface area contributed by atoms with E-state index in [0.717, 1.165) is 25.3 Å².